The van der Waals surface area contributed by atoms with E-state index in [1.54, 1.807) is 36.4 Å². The highest BCUT2D eigenvalue weighted by Gasteiger charge is 2.19. The maximum Gasteiger partial charge on any atom is 0.251 e. The van der Waals surface area contributed by atoms with Gasteiger partial charge < -0.3 is 5.32 Å². The van der Waals surface area contributed by atoms with Gasteiger partial charge in [0.15, 0.2) is 9.84 Å². The minimum absolute atomic E-state index is 0.146. The molecule has 0 aliphatic heterocycles. The molecule has 7 nitrogen and oxygen atoms in total. The van der Waals surface area contributed by atoms with E-state index in [0.717, 1.165) is 28.5 Å². The van der Waals surface area contributed by atoms with E-state index in [1.807, 2.05) is 39.0 Å². The molecule has 0 aliphatic carbocycles. The van der Waals surface area contributed by atoms with Gasteiger partial charge in [0.2, 0.25) is 10.0 Å². The first-order valence-electron chi connectivity index (χ1n) is 11.0. The van der Waals surface area contributed by atoms with Crippen LogP contribution in [0.2, 0.25) is 0 Å². The molecule has 0 saturated heterocycles. The fourth-order valence-corrected chi connectivity index (χ4v) is 5.29. The van der Waals surface area contributed by atoms with E-state index in [0.29, 0.717) is 11.3 Å². The average Bonchev–Trinajstić information content (AvgIpc) is 2.75. The van der Waals surface area contributed by atoms with Gasteiger partial charge in [-0.1, -0.05) is 30.3 Å². The number of anilines is 1. The lowest BCUT2D eigenvalue weighted by atomic mass is 10.1. The zero-order valence-corrected chi connectivity index (χ0v) is 22.1. The van der Waals surface area contributed by atoms with Gasteiger partial charge in [-0.25, -0.2) is 16.8 Å². The molecule has 0 unspecified atom stereocenters. The van der Waals surface area contributed by atoms with Crippen LogP contribution in [0.1, 0.15) is 45.6 Å². The molecule has 0 spiro atoms. The number of carbonyl (C=O) groups is 1. The van der Waals surface area contributed by atoms with Crippen LogP contribution in [0.3, 0.4) is 0 Å². The number of rotatable bonds is 8. The van der Waals surface area contributed by atoms with Gasteiger partial charge in [-0.2, -0.15) is 0 Å². The predicted octanol–water partition coefficient (Wildman–Crippen LogP) is 4.16. The minimum Gasteiger partial charge on any atom is -0.346 e. The Bertz CT molecular complexity index is 1410. The number of nitrogens with zero attached hydrogens (tertiary/aromatic N) is 1. The van der Waals surface area contributed by atoms with Gasteiger partial charge in [-0.15, -0.1) is 0 Å². The molecule has 35 heavy (non-hydrogen) atoms. The number of benzene rings is 3. The molecule has 0 heterocycles. The zero-order valence-electron chi connectivity index (χ0n) is 20.4. The van der Waals surface area contributed by atoms with Crippen molar-refractivity contribution in [2.45, 2.75) is 38.3 Å². The van der Waals surface area contributed by atoms with Crippen molar-refractivity contribution in [2.24, 2.45) is 0 Å². The summed E-state index contributed by atoms with van der Waals surface area (Å²) in [5.74, 6) is -0.287. The van der Waals surface area contributed by atoms with Crippen LogP contribution in [-0.2, 0) is 26.4 Å². The molecule has 0 aromatic heterocycles. The number of hydrogen-bond acceptors (Lipinski definition) is 5. The monoisotopic (exact) mass is 514 g/mol. The molecule has 1 atom stereocenters. The maximum absolute atomic E-state index is 12.7. The van der Waals surface area contributed by atoms with E-state index >= 15 is 0 Å². The summed E-state index contributed by atoms with van der Waals surface area (Å²) in [5.41, 5.74) is 4.50. The maximum atomic E-state index is 12.7. The topological polar surface area (TPSA) is 101 Å². The van der Waals surface area contributed by atoms with Crippen LogP contribution in [0, 0.1) is 13.8 Å². The predicted molar refractivity (Wildman–Crippen MR) is 139 cm³/mol. The molecular weight excluding hydrogens is 484 g/mol. The van der Waals surface area contributed by atoms with Gasteiger partial charge in [-0.3, -0.25) is 9.10 Å². The number of nitrogens with one attached hydrogen (secondary N) is 1. The number of hydrogen-bond donors (Lipinski definition) is 1. The molecular formula is C26H30N2O5S2. The molecule has 0 aliphatic rings. The van der Waals surface area contributed by atoms with E-state index in [2.05, 4.69) is 5.32 Å². The number of sulfone groups is 1. The van der Waals surface area contributed by atoms with Crippen molar-refractivity contribution in [3.8, 4) is 0 Å². The number of carbonyl (C=O) groups excluding carboxylic acids is 1. The quantitative estimate of drug-likeness (QED) is 0.486. The van der Waals surface area contributed by atoms with Crippen molar-refractivity contribution in [1.29, 1.82) is 0 Å². The first kappa shape index (κ1) is 26.4. The van der Waals surface area contributed by atoms with Crippen molar-refractivity contribution in [3.63, 3.8) is 0 Å². The Morgan fingerprint density at radius 1 is 0.857 bits per heavy atom. The van der Waals surface area contributed by atoms with Crippen LogP contribution >= 0.6 is 0 Å². The third-order valence-corrected chi connectivity index (χ3v) is 7.86. The second-order valence-electron chi connectivity index (χ2n) is 8.85. The molecule has 9 heteroatoms. The highest BCUT2D eigenvalue weighted by atomic mass is 32.2. The zero-order chi connectivity index (χ0) is 26.0. The van der Waals surface area contributed by atoms with Gasteiger partial charge in [0.1, 0.15) is 0 Å². The van der Waals surface area contributed by atoms with Gasteiger partial charge >= 0.3 is 0 Å². The molecule has 0 fully saturated rings. The minimum atomic E-state index is -3.52. The fraction of sp³-hybridized carbons (Fsp3) is 0.269. The lowest BCUT2D eigenvalue weighted by molar-refractivity contribution is 0.0940. The Hall–Kier alpha value is -3.17. The van der Waals surface area contributed by atoms with Crippen LogP contribution in [0.4, 0.5) is 5.69 Å². The number of sulfonamides is 1. The summed E-state index contributed by atoms with van der Waals surface area (Å²) >= 11 is 0. The molecule has 1 N–H and O–H groups in total. The fourth-order valence-electron chi connectivity index (χ4n) is 3.79. The van der Waals surface area contributed by atoms with E-state index in [4.69, 9.17) is 0 Å². The Morgan fingerprint density at radius 3 is 1.89 bits per heavy atom. The average molecular weight is 515 g/mol. The van der Waals surface area contributed by atoms with Crippen LogP contribution < -0.4 is 9.62 Å². The van der Waals surface area contributed by atoms with Crippen molar-refractivity contribution < 1.29 is 21.6 Å². The second kappa shape index (κ2) is 10.2. The first-order valence-corrected chi connectivity index (χ1v) is 14.7. The Balaban J connectivity index is 1.73. The van der Waals surface area contributed by atoms with Gasteiger partial charge in [0.05, 0.1) is 29.4 Å². The lowest BCUT2D eigenvalue weighted by Crippen LogP contribution is -2.29. The molecule has 3 rings (SSSR count). The summed E-state index contributed by atoms with van der Waals surface area (Å²) in [6.07, 6.45) is 2.32. The molecule has 3 aromatic carbocycles. The number of amides is 1. The van der Waals surface area contributed by atoms with E-state index in [1.165, 1.54) is 22.7 Å². The third-order valence-electron chi connectivity index (χ3n) is 5.59. The largest absolute Gasteiger partial charge is 0.346 e. The van der Waals surface area contributed by atoms with E-state index in [9.17, 15) is 21.6 Å². The number of aryl methyl sites for hydroxylation is 2. The van der Waals surface area contributed by atoms with Crippen LogP contribution in [0.25, 0.3) is 0 Å². The molecule has 3 aromatic rings. The lowest BCUT2D eigenvalue weighted by Gasteiger charge is -2.23. The smallest absolute Gasteiger partial charge is 0.251 e. The highest BCUT2D eigenvalue weighted by molar-refractivity contribution is 7.92. The summed E-state index contributed by atoms with van der Waals surface area (Å²) in [6, 6.07) is 18.5. The normalized spacial score (nSPS) is 12.7. The van der Waals surface area contributed by atoms with Gasteiger partial charge in [-0.05, 0) is 79.4 Å². The van der Waals surface area contributed by atoms with Crippen LogP contribution in [-0.4, -0.2) is 35.3 Å². The van der Waals surface area contributed by atoms with Crippen molar-refractivity contribution in [2.75, 3.05) is 16.8 Å². The van der Waals surface area contributed by atoms with E-state index < -0.39 is 19.9 Å². The SMILES string of the molecule is Cc1cc(C)cc(N(Cc2ccc(C(=O)N[C@@H](C)c3ccc(S(C)(=O)=O)cc3)cc2)S(C)(=O)=O)c1. The van der Waals surface area contributed by atoms with Crippen LogP contribution in [0.5, 0.6) is 0 Å². The molecule has 0 bridgehead atoms. The van der Waals surface area contributed by atoms with Crippen LogP contribution in [0.15, 0.2) is 71.6 Å². The molecule has 186 valence electrons. The highest BCUT2D eigenvalue weighted by Crippen LogP contribution is 2.24. The van der Waals surface area contributed by atoms with Crippen molar-refractivity contribution in [3.05, 3.63) is 94.5 Å². The van der Waals surface area contributed by atoms with Crippen molar-refractivity contribution >= 4 is 31.5 Å². The summed E-state index contributed by atoms with van der Waals surface area (Å²) in [6.45, 7) is 5.80. The van der Waals surface area contributed by atoms with Crippen molar-refractivity contribution in [1.82, 2.24) is 5.32 Å². The van der Waals surface area contributed by atoms with Gasteiger partial charge in [0.25, 0.3) is 5.91 Å². The second-order valence-corrected chi connectivity index (χ2v) is 12.8. The molecule has 0 saturated carbocycles. The molecule has 0 radical (unpaired) electrons. The summed E-state index contributed by atoms with van der Waals surface area (Å²) in [7, 11) is -6.80. The van der Waals surface area contributed by atoms with E-state index in [-0.39, 0.29) is 23.4 Å². The summed E-state index contributed by atoms with van der Waals surface area (Å²) in [5, 5.41) is 2.90. The third kappa shape index (κ3) is 6.93. The summed E-state index contributed by atoms with van der Waals surface area (Å²) < 4.78 is 49.6. The Kier molecular flexibility index (Phi) is 7.71. The van der Waals surface area contributed by atoms with Gasteiger partial charge in [0, 0.05) is 11.8 Å². The Morgan fingerprint density at radius 2 is 1.40 bits per heavy atom. The molecule has 1 amide bonds. The first-order chi connectivity index (χ1) is 16.2. The Labute approximate surface area is 207 Å². The summed E-state index contributed by atoms with van der Waals surface area (Å²) in [4.78, 5) is 13.0. The standard InChI is InChI=1S/C26H30N2O5S2/c1-18-14-19(2)16-24(15-18)28(35(5,32)33)17-21-6-8-23(9-7-21)26(29)27-20(3)22-10-12-25(13-11-22)34(4,30)31/h6-16,20H,17H2,1-5H3,(H,27,29)/t20-/m0/s1.